The van der Waals surface area contributed by atoms with E-state index in [-0.39, 0.29) is 28.7 Å². The van der Waals surface area contributed by atoms with Crippen LogP contribution in [0, 0.1) is 23.3 Å². The maximum Gasteiger partial charge on any atom is 0.343 e. The number of hydrogen-bond donors (Lipinski definition) is 0. The van der Waals surface area contributed by atoms with Crippen molar-refractivity contribution in [3.8, 4) is 11.5 Å². The Kier molecular flexibility index (Phi) is 4.79. The molecule has 0 heterocycles. The molecule has 7 heteroatoms. The molecule has 0 aromatic heterocycles. The van der Waals surface area contributed by atoms with Crippen molar-refractivity contribution in [1.82, 2.24) is 0 Å². The van der Waals surface area contributed by atoms with Crippen LogP contribution < -0.4 is 9.47 Å². The minimum atomic E-state index is -1.10. The lowest BCUT2D eigenvalue weighted by Gasteiger charge is -2.10. The predicted octanol–water partition coefficient (Wildman–Crippen LogP) is 5.01. The normalized spacial score (nSPS) is 10.8. The van der Waals surface area contributed by atoms with Crippen molar-refractivity contribution in [2.45, 2.75) is 6.92 Å². The van der Waals surface area contributed by atoms with Gasteiger partial charge in [0.25, 0.3) is 0 Å². The summed E-state index contributed by atoms with van der Waals surface area (Å²) in [6, 6.07) is 7.60. The average molecular weight is 364 g/mol. The summed E-state index contributed by atoms with van der Waals surface area (Å²) in [5.41, 5.74) is -0.0730. The number of carbonyl (C=O) groups is 1. The van der Waals surface area contributed by atoms with Gasteiger partial charge in [-0.25, -0.2) is 22.4 Å². The third-order valence-electron chi connectivity index (χ3n) is 3.62. The van der Waals surface area contributed by atoms with Crippen LogP contribution >= 0.6 is 0 Å². The first-order chi connectivity index (χ1) is 12.4. The maximum atomic E-state index is 14.0. The molecule has 0 unspecified atom stereocenters. The molecular formula is C19H12F4O3. The van der Waals surface area contributed by atoms with Gasteiger partial charge in [-0.15, -0.1) is 0 Å². The Balaban J connectivity index is 1.91. The first-order valence-corrected chi connectivity index (χ1v) is 7.62. The molecule has 0 saturated heterocycles. The second-order valence-electron chi connectivity index (χ2n) is 5.34. The SMILES string of the molecule is CCOc1cc(F)c(OC(=O)c2ccc3c(F)c(F)ccc3c2)c(F)c1. The molecule has 3 rings (SSSR count). The minimum Gasteiger partial charge on any atom is -0.494 e. The van der Waals surface area contributed by atoms with E-state index in [0.717, 1.165) is 18.2 Å². The zero-order valence-electron chi connectivity index (χ0n) is 13.5. The Labute approximate surface area is 145 Å². The van der Waals surface area contributed by atoms with Gasteiger partial charge in [-0.1, -0.05) is 12.1 Å². The smallest absolute Gasteiger partial charge is 0.343 e. The molecule has 3 aromatic rings. The number of ether oxygens (including phenoxy) is 2. The van der Waals surface area contributed by atoms with Crippen molar-refractivity contribution in [2.24, 2.45) is 0 Å². The minimum absolute atomic E-state index is 0.0278. The van der Waals surface area contributed by atoms with Crippen molar-refractivity contribution in [3.05, 3.63) is 71.3 Å². The summed E-state index contributed by atoms with van der Waals surface area (Å²) in [4.78, 5) is 12.2. The van der Waals surface area contributed by atoms with Crippen molar-refractivity contribution in [2.75, 3.05) is 6.61 Å². The fraction of sp³-hybridized carbons (Fsp3) is 0.105. The van der Waals surface area contributed by atoms with Crippen LogP contribution in [0.15, 0.2) is 42.5 Å². The molecule has 0 radical (unpaired) electrons. The number of esters is 1. The van der Waals surface area contributed by atoms with Crippen LogP contribution in [-0.2, 0) is 0 Å². The summed E-state index contributed by atoms with van der Waals surface area (Å²) in [5, 5.41) is 0.214. The zero-order chi connectivity index (χ0) is 18.8. The number of halogens is 4. The molecule has 0 N–H and O–H groups in total. The highest BCUT2D eigenvalue weighted by Crippen LogP contribution is 2.28. The Bertz CT molecular complexity index is 978. The molecule has 3 aromatic carbocycles. The molecule has 0 atom stereocenters. The lowest BCUT2D eigenvalue weighted by molar-refractivity contribution is 0.0720. The maximum absolute atomic E-state index is 14.0. The van der Waals surface area contributed by atoms with Gasteiger partial charge in [-0.3, -0.25) is 0 Å². The van der Waals surface area contributed by atoms with E-state index in [1.54, 1.807) is 6.92 Å². The summed E-state index contributed by atoms with van der Waals surface area (Å²) in [6.45, 7) is 1.87. The van der Waals surface area contributed by atoms with Gasteiger partial charge >= 0.3 is 5.97 Å². The molecule has 0 amide bonds. The average Bonchev–Trinajstić information content (AvgIpc) is 2.61. The Morgan fingerprint density at radius 2 is 1.62 bits per heavy atom. The van der Waals surface area contributed by atoms with Crippen molar-refractivity contribution < 1.29 is 31.8 Å². The van der Waals surface area contributed by atoms with Gasteiger partial charge in [0.05, 0.1) is 12.2 Å². The molecule has 0 aliphatic carbocycles. The van der Waals surface area contributed by atoms with Gasteiger partial charge in [0, 0.05) is 17.5 Å². The lowest BCUT2D eigenvalue weighted by atomic mass is 10.1. The van der Waals surface area contributed by atoms with E-state index >= 15 is 0 Å². The third-order valence-corrected chi connectivity index (χ3v) is 3.62. The summed E-state index contributed by atoms with van der Waals surface area (Å²) < 4.78 is 64.6. The van der Waals surface area contributed by atoms with E-state index in [9.17, 15) is 22.4 Å². The number of hydrogen-bond acceptors (Lipinski definition) is 3. The quantitative estimate of drug-likeness (QED) is 0.371. The van der Waals surface area contributed by atoms with E-state index in [2.05, 4.69) is 0 Å². The number of carbonyl (C=O) groups excluding carboxylic acids is 1. The summed E-state index contributed by atoms with van der Waals surface area (Å²) in [5.74, 6) is -6.23. The van der Waals surface area contributed by atoms with Gasteiger partial charge in [0.15, 0.2) is 23.3 Å². The number of benzene rings is 3. The molecule has 0 aliphatic heterocycles. The van der Waals surface area contributed by atoms with E-state index in [0.29, 0.717) is 0 Å². The first kappa shape index (κ1) is 17.7. The molecule has 0 saturated carbocycles. The summed E-state index contributed by atoms with van der Waals surface area (Å²) in [6.07, 6.45) is 0. The standard InChI is InChI=1S/C19H12F4O3/c1-2-25-12-8-15(21)18(16(22)9-12)26-19(24)11-3-5-13-10(7-11)4-6-14(20)17(13)23/h3-9H,2H2,1H3. The number of rotatable bonds is 4. The largest absolute Gasteiger partial charge is 0.494 e. The second-order valence-corrected chi connectivity index (χ2v) is 5.34. The van der Waals surface area contributed by atoms with Gasteiger partial charge in [-0.05, 0) is 30.5 Å². The lowest BCUT2D eigenvalue weighted by Crippen LogP contribution is -2.11. The topological polar surface area (TPSA) is 35.5 Å². The van der Waals surface area contributed by atoms with Crippen molar-refractivity contribution in [1.29, 1.82) is 0 Å². The first-order valence-electron chi connectivity index (χ1n) is 7.62. The van der Waals surface area contributed by atoms with Crippen molar-refractivity contribution >= 4 is 16.7 Å². The van der Waals surface area contributed by atoms with Gasteiger partial charge in [0.1, 0.15) is 5.75 Å². The van der Waals surface area contributed by atoms with Crippen LogP contribution in [0.4, 0.5) is 17.6 Å². The number of fused-ring (bicyclic) bond motifs is 1. The van der Waals surface area contributed by atoms with E-state index in [4.69, 9.17) is 9.47 Å². The van der Waals surface area contributed by atoms with Crippen LogP contribution in [-0.4, -0.2) is 12.6 Å². The van der Waals surface area contributed by atoms with Crippen LogP contribution in [0.2, 0.25) is 0 Å². The molecule has 3 nitrogen and oxygen atoms in total. The van der Waals surface area contributed by atoms with Crippen molar-refractivity contribution in [3.63, 3.8) is 0 Å². The molecule has 0 aliphatic rings. The zero-order valence-corrected chi connectivity index (χ0v) is 13.5. The van der Waals surface area contributed by atoms with Gasteiger partial charge < -0.3 is 9.47 Å². The summed E-state index contributed by atoms with van der Waals surface area (Å²) in [7, 11) is 0. The highest BCUT2D eigenvalue weighted by atomic mass is 19.2. The van der Waals surface area contributed by atoms with Gasteiger partial charge in [0.2, 0.25) is 5.75 Å². The van der Waals surface area contributed by atoms with Crippen LogP contribution in [0.5, 0.6) is 11.5 Å². The van der Waals surface area contributed by atoms with E-state index in [1.165, 1.54) is 24.3 Å². The highest BCUT2D eigenvalue weighted by Gasteiger charge is 2.19. The second kappa shape index (κ2) is 7.03. The summed E-state index contributed by atoms with van der Waals surface area (Å²) >= 11 is 0. The monoisotopic (exact) mass is 364 g/mol. The molecule has 26 heavy (non-hydrogen) atoms. The molecule has 0 fully saturated rings. The molecule has 134 valence electrons. The molecule has 0 spiro atoms. The predicted molar refractivity (Wildman–Crippen MR) is 86.3 cm³/mol. The van der Waals surface area contributed by atoms with Crippen LogP contribution in [0.3, 0.4) is 0 Å². The fourth-order valence-electron chi connectivity index (χ4n) is 2.43. The fourth-order valence-corrected chi connectivity index (χ4v) is 2.43. The Morgan fingerprint density at radius 3 is 2.27 bits per heavy atom. The Hall–Kier alpha value is -3.09. The van der Waals surface area contributed by atoms with E-state index in [1.807, 2.05) is 0 Å². The van der Waals surface area contributed by atoms with Crippen LogP contribution in [0.25, 0.3) is 10.8 Å². The molecule has 0 bridgehead atoms. The van der Waals surface area contributed by atoms with Gasteiger partial charge in [-0.2, -0.15) is 0 Å². The van der Waals surface area contributed by atoms with E-state index < -0.39 is 35.0 Å². The molecular weight excluding hydrogens is 352 g/mol. The Morgan fingerprint density at radius 1 is 0.923 bits per heavy atom. The third kappa shape index (κ3) is 3.33. The highest BCUT2D eigenvalue weighted by molar-refractivity contribution is 5.96. The van der Waals surface area contributed by atoms with Crippen LogP contribution in [0.1, 0.15) is 17.3 Å².